The summed E-state index contributed by atoms with van der Waals surface area (Å²) in [7, 11) is -4.28. The first-order chi connectivity index (χ1) is 9.35. The quantitative estimate of drug-likeness (QED) is 0.635. The van der Waals surface area contributed by atoms with Crippen LogP contribution >= 0.6 is 0 Å². The summed E-state index contributed by atoms with van der Waals surface area (Å²) in [5.74, 6) is 0.619. The topological polar surface area (TPSA) is 80.7 Å². The zero-order valence-corrected chi connectivity index (χ0v) is 12.4. The minimum absolute atomic E-state index is 0.0688. The Bertz CT molecular complexity index is 496. The Morgan fingerprint density at radius 1 is 1.20 bits per heavy atom. The fourth-order valence-corrected chi connectivity index (χ4v) is 5.18. The Morgan fingerprint density at radius 2 is 2.00 bits per heavy atom. The van der Waals surface area contributed by atoms with Crippen LogP contribution < -0.4 is 0 Å². The number of ether oxygens (including phenoxy) is 1. The van der Waals surface area contributed by atoms with Crippen molar-refractivity contribution in [1.82, 2.24) is 0 Å². The second-order valence-electron chi connectivity index (χ2n) is 7.03. The maximum Gasteiger partial charge on any atom is 0.323 e. The van der Waals surface area contributed by atoms with E-state index in [4.69, 9.17) is 9.29 Å². The van der Waals surface area contributed by atoms with Crippen molar-refractivity contribution in [1.29, 1.82) is 0 Å². The van der Waals surface area contributed by atoms with Gasteiger partial charge in [0, 0.05) is 5.41 Å². The molecule has 0 aromatic carbocycles. The number of rotatable bonds is 4. The van der Waals surface area contributed by atoms with Crippen molar-refractivity contribution < 1.29 is 22.5 Å². The van der Waals surface area contributed by atoms with Gasteiger partial charge in [0.1, 0.15) is 0 Å². The lowest BCUT2D eigenvalue weighted by molar-refractivity contribution is -0.150. The second kappa shape index (κ2) is 4.98. The van der Waals surface area contributed by atoms with Crippen LogP contribution in [-0.4, -0.2) is 31.3 Å². The molecule has 0 heterocycles. The van der Waals surface area contributed by atoms with Gasteiger partial charge < -0.3 is 4.74 Å². The van der Waals surface area contributed by atoms with E-state index in [2.05, 4.69) is 0 Å². The van der Waals surface area contributed by atoms with E-state index >= 15 is 0 Å². The lowest BCUT2D eigenvalue weighted by atomic mass is 9.52. The molecule has 3 saturated carbocycles. The standard InChI is InChI=1S/C14H22O5S/c15-13(8-20(16,17)18)19-9-14-4-3-11-2-1-10(6-14)5-12(11)7-14/h10-12H,1-9H2,(H,16,17,18). The van der Waals surface area contributed by atoms with Gasteiger partial charge in [0.2, 0.25) is 0 Å². The minimum atomic E-state index is -4.28. The molecule has 0 aliphatic heterocycles. The van der Waals surface area contributed by atoms with Gasteiger partial charge in [0.15, 0.2) is 5.75 Å². The van der Waals surface area contributed by atoms with Gasteiger partial charge in [-0.05, 0) is 56.3 Å². The van der Waals surface area contributed by atoms with Gasteiger partial charge in [-0.25, -0.2) is 0 Å². The molecule has 4 atom stereocenters. The monoisotopic (exact) mass is 302 g/mol. The molecule has 3 fully saturated rings. The first-order valence-corrected chi connectivity index (χ1v) is 9.07. The second-order valence-corrected chi connectivity index (χ2v) is 8.49. The van der Waals surface area contributed by atoms with E-state index in [1.165, 1.54) is 25.7 Å². The molecule has 1 N–H and O–H groups in total. The molecule has 3 rings (SSSR count). The third-order valence-corrected chi connectivity index (χ3v) is 6.15. The van der Waals surface area contributed by atoms with Crippen LogP contribution in [-0.2, 0) is 19.6 Å². The largest absolute Gasteiger partial charge is 0.464 e. The van der Waals surface area contributed by atoms with E-state index in [-0.39, 0.29) is 5.41 Å². The Labute approximate surface area is 119 Å². The summed E-state index contributed by atoms with van der Waals surface area (Å²) in [6, 6.07) is 0. The molecule has 0 spiro atoms. The van der Waals surface area contributed by atoms with Gasteiger partial charge in [-0.2, -0.15) is 8.42 Å². The minimum Gasteiger partial charge on any atom is -0.464 e. The fourth-order valence-electron chi connectivity index (χ4n) is 4.80. The molecule has 0 aromatic rings. The van der Waals surface area contributed by atoms with E-state index in [1.807, 2.05) is 0 Å². The Morgan fingerprint density at radius 3 is 2.75 bits per heavy atom. The normalized spacial score (nSPS) is 39.5. The van der Waals surface area contributed by atoms with Crippen LogP contribution in [0.3, 0.4) is 0 Å². The van der Waals surface area contributed by atoms with Crippen molar-refractivity contribution in [2.24, 2.45) is 23.2 Å². The first kappa shape index (κ1) is 14.3. The average molecular weight is 302 g/mol. The summed E-state index contributed by atoms with van der Waals surface area (Å²) >= 11 is 0. The molecule has 0 aromatic heterocycles. The highest BCUT2D eigenvalue weighted by Crippen LogP contribution is 2.58. The number of hydrogen-bond acceptors (Lipinski definition) is 4. The van der Waals surface area contributed by atoms with E-state index < -0.39 is 21.8 Å². The highest BCUT2D eigenvalue weighted by atomic mass is 32.2. The molecule has 4 unspecified atom stereocenters. The summed E-state index contributed by atoms with van der Waals surface area (Å²) < 4.78 is 35.1. The Kier molecular flexibility index (Phi) is 3.57. The predicted octanol–water partition coefficient (Wildman–Crippen LogP) is 2.02. The van der Waals surface area contributed by atoms with Crippen molar-refractivity contribution in [3.05, 3.63) is 0 Å². The number of carbonyl (C=O) groups is 1. The van der Waals surface area contributed by atoms with E-state index in [9.17, 15) is 13.2 Å². The molecular formula is C14H22O5S. The molecule has 5 nitrogen and oxygen atoms in total. The lowest BCUT2D eigenvalue weighted by Gasteiger charge is -2.54. The van der Waals surface area contributed by atoms with Crippen LogP contribution in [0.2, 0.25) is 0 Å². The third-order valence-electron chi connectivity index (χ3n) is 5.55. The zero-order chi connectivity index (χ0) is 14.4. The van der Waals surface area contributed by atoms with E-state index in [1.54, 1.807) is 0 Å². The molecule has 0 amide bonds. The van der Waals surface area contributed by atoms with Crippen molar-refractivity contribution in [3.8, 4) is 0 Å². The van der Waals surface area contributed by atoms with Gasteiger partial charge >= 0.3 is 5.97 Å². The number of hydrogen-bond donors (Lipinski definition) is 1. The third kappa shape index (κ3) is 3.01. The first-order valence-electron chi connectivity index (χ1n) is 7.46. The summed E-state index contributed by atoms with van der Waals surface area (Å²) in [6.45, 7) is 0.321. The van der Waals surface area contributed by atoms with Gasteiger partial charge in [0.25, 0.3) is 10.1 Å². The fraction of sp³-hybridized carbons (Fsp3) is 0.929. The predicted molar refractivity (Wildman–Crippen MR) is 72.6 cm³/mol. The molecule has 3 aliphatic rings. The smallest absolute Gasteiger partial charge is 0.323 e. The SMILES string of the molecule is O=C(CS(=O)(=O)O)OCC12CCC3CCC(CC3C1)C2. The lowest BCUT2D eigenvalue weighted by Crippen LogP contribution is -2.46. The maximum atomic E-state index is 11.5. The summed E-state index contributed by atoms with van der Waals surface area (Å²) in [6.07, 6.45) is 8.50. The molecule has 6 heteroatoms. The molecule has 0 saturated heterocycles. The van der Waals surface area contributed by atoms with Gasteiger partial charge in [-0.1, -0.05) is 6.42 Å². The Balaban J connectivity index is 1.61. The molecular weight excluding hydrogens is 280 g/mol. The van der Waals surface area contributed by atoms with Gasteiger partial charge in [0.05, 0.1) is 6.61 Å². The highest BCUT2D eigenvalue weighted by molar-refractivity contribution is 7.86. The van der Waals surface area contributed by atoms with E-state index in [0.717, 1.165) is 37.0 Å². The van der Waals surface area contributed by atoms with Crippen LogP contribution in [0.1, 0.15) is 44.9 Å². The van der Waals surface area contributed by atoms with Crippen molar-refractivity contribution in [2.45, 2.75) is 44.9 Å². The van der Waals surface area contributed by atoms with Gasteiger partial charge in [-0.3, -0.25) is 9.35 Å². The average Bonchev–Trinajstić information content (AvgIpc) is 2.32. The molecule has 20 heavy (non-hydrogen) atoms. The van der Waals surface area contributed by atoms with Crippen LogP contribution in [0.15, 0.2) is 0 Å². The number of esters is 1. The number of carbonyl (C=O) groups excluding carboxylic acids is 1. The maximum absolute atomic E-state index is 11.5. The Hall–Kier alpha value is -0.620. The number of fused-ring (bicyclic) bond motifs is 2. The van der Waals surface area contributed by atoms with Crippen LogP contribution in [0.5, 0.6) is 0 Å². The molecule has 3 bridgehead atoms. The zero-order valence-electron chi connectivity index (χ0n) is 11.6. The highest BCUT2D eigenvalue weighted by Gasteiger charge is 2.49. The van der Waals surface area contributed by atoms with Crippen LogP contribution in [0.4, 0.5) is 0 Å². The van der Waals surface area contributed by atoms with Crippen molar-refractivity contribution in [2.75, 3.05) is 12.4 Å². The summed E-state index contributed by atoms with van der Waals surface area (Å²) in [5.41, 5.74) is 0.0688. The summed E-state index contributed by atoms with van der Waals surface area (Å²) in [4.78, 5) is 11.5. The summed E-state index contributed by atoms with van der Waals surface area (Å²) in [5, 5.41) is 0. The molecule has 3 aliphatic carbocycles. The van der Waals surface area contributed by atoms with Crippen molar-refractivity contribution >= 4 is 16.1 Å². The van der Waals surface area contributed by atoms with E-state index in [0.29, 0.717) is 6.61 Å². The van der Waals surface area contributed by atoms with Crippen LogP contribution in [0.25, 0.3) is 0 Å². The molecule has 114 valence electrons. The van der Waals surface area contributed by atoms with Crippen molar-refractivity contribution in [3.63, 3.8) is 0 Å². The molecule has 0 radical (unpaired) electrons. The van der Waals surface area contributed by atoms with Gasteiger partial charge in [-0.15, -0.1) is 0 Å². The van der Waals surface area contributed by atoms with Crippen LogP contribution in [0, 0.1) is 23.2 Å².